The van der Waals surface area contributed by atoms with Crippen molar-refractivity contribution in [2.24, 2.45) is 0 Å². The van der Waals surface area contributed by atoms with Gasteiger partial charge in [-0.1, -0.05) is 26.0 Å². The van der Waals surface area contributed by atoms with Crippen LogP contribution in [0.25, 0.3) is 0 Å². The van der Waals surface area contributed by atoms with E-state index in [9.17, 15) is 0 Å². The number of rotatable bonds is 0. The molecule has 0 saturated heterocycles. The van der Waals surface area contributed by atoms with E-state index in [2.05, 4.69) is 57.5 Å². The fourth-order valence-corrected chi connectivity index (χ4v) is 2.67. The highest BCUT2D eigenvalue weighted by molar-refractivity contribution is 5.92. The van der Waals surface area contributed by atoms with Gasteiger partial charge >= 0.3 is 0 Å². The molecule has 1 unspecified atom stereocenters. The van der Waals surface area contributed by atoms with Crippen LogP contribution in [0.15, 0.2) is 42.7 Å². The van der Waals surface area contributed by atoms with Gasteiger partial charge in [0.2, 0.25) is 0 Å². The summed E-state index contributed by atoms with van der Waals surface area (Å²) >= 11 is 0. The quantitative estimate of drug-likeness (QED) is 0.780. The van der Waals surface area contributed by atoms with Crippen LogP contribution in [0, 0.1) is 0 Å². The monoisotopic (exact) mass is 254 g/mol. The second-order valence-electron chi connectivity index (χ2n) is 4.38. The number of nitrogens with zero attached hydrogens (tertiary/aromatic N) is 3. The Kier molecular flexibility index (Phi) is 2.78. The van der Waals surface area contributed by atoms with Gasteiger partial charge in [-0.2, -0.15) is 0 Å². The molecule has 1 N–H and O–H groups in total. The highest BCUT2D eigenvalue weighted by atomic mass is 15.5. The summed E-state index contributed by atoms with van der Waals surface area (Å²) in [5.41, 5.74) is 4.80. The number of hydrogen-bond acceptors (Lipinski definition) is 4. The lowest BCUT2D eigenvalue weighted by molar-refractivity contribution is 0.777. The molecule has 0 saturated carbocycles. The molecule has 4 nitrogen and oxygen atoms in total. The van der Waals surface area contributed by atoms with E-state index in [-0.39, 0.29) is 6.29 Å². The molecule has 1 aromatic carbocycles. The lowest BCUT2D eigenvalue weighted by atomic mass is 10.2. The molecule has 19 heavy (non-hydrogen) atoms. The normalized spacial score (nSPS) is 17.9. The molecule has 0 spiro atoms. The van der Waals surface area contributed by atoms with Gasteiger partial charge in [0.15, 0.2) is 6.29 Å². The first-order valence-corrected chi connectivity index (χ1v) is 6.68. The van der Waals surface area contributed by atoms with Gasteiger partial charge in [-0.3, -0.25) is 9.88 Å². The van der Waals surface area contributed by atoms with Crippen LogP contribution in [0.3, 0.4) is 0 Å². The summed E-state index contributed by atoms with van der Waals surface area (Å²) in [7, 11) is 2.11. The molecule has 1 atom stereocenters. The second kappa shape index (κ2) is 4.46. The largest absolute Gasteiger partial charge is 0.345 e. The van der Waals surface area contributed by atoms with Gasteiger partial charge in [0.1, 0.15) is 0 Å². The Morgan fingerprint density at radius 3 is 2.58 bits per heavy atom. The van der Waals surface area contributed by atoms with Gasteiger partial charge in [-0.15, -0.1) is 0 Å². The van der Waals surface area contributed by atoms with Crippen molar-refractivity contribution in [3.63, 3.8) is 0 Å². The van der Waals surface area contributed by atoms with Crippen LogP contribution in [0.1, 0.15) is 13.8 Å². The Morgan fingerprint density at radius 1 is 1.05 bits per heavy atom. The third-order valence-corrected chi connectivity index (χ3v) is 3.47. The molecule has 2 aromatic rings. The number of para-hydroxylation sites is 2. The molecule has 0 bridgehead atoms. The lowest BCUT2D eigenvalue weighted by Crippen LogP contribution is -2.40. The van der Waals surface area contributed by atoms with E-state index in [1.54, 1.807) is 0 Å². The summed E-state index contributed by atoms with van der Waals surface area (Å²) in [6.07, 6.45) is 3.89. The minimum absolute atomic E-state index is 0.173. The smallest absolute Gasteiger partial charge is 0.183 e. The zero-order valence-electron chi connectivity index (χ0n) is 11.5. The molecule has 2 aliphatic heterocycles. The fraction of sp³-hybridized carbons (Fsp3) is 0.267. The van der Waals surface area contributed by atoms with Crippen molar-refractivity contribution in [3.05, 3.63) is 42.7 Å². The minimum Gasteiger partial charge on any atom is -0.345 e. The number of nitrogens with one attached hydrogen (secondary N) is 1. The number of aromatic nitrogens is 1. The van der Waals surface area contributed by atoms with Gasteiger partial charge < -0.3 is 10.2 Å². The molecule has 0 aliphatic carbocycles. The van der Waals surface area contributed by atoms with Crippen LogP contribution >= 0.6 is 0 Å². The first kappa shape index (κ1) is 11.8. The van der Waals surface area contributed by atoms with Crippen molar-refractivity contribution in [3.8, 4) is 0 Å². The van der Waals surface area contributed by atoms with Crippen molar-refractivity contribution in [1.82, 2.24) is 4.98 Å². The molecule has 4 rings (SSSR count). The van der Waals surface area contributed by atoms with Crippen LogP contribution in [-0.2, 0) is 0 Å². The van der Waals surface area contributed by atoms with Crippen molar-refractivity contribution >= 4 is 22.7 Å². The highest BCUT2D eigenvalue weighted by Gasteiger charge is 2.39. The minimum atomic E-state index is 0.173. The Hall–Kier alpha value is -2.23. The molecule has 1 aromatic heterocycles. The lowest BCUT2D eigenvalue weighted by Gasteiger charge is -2.23. The molecular weight excluding hydrogens is 236 g/mol. The number of anilines is 4. The summed E-state index contributed by atoms with van der Waals surface area (Å²) in [4.78, 5) is 8.71. The van der Waals surface area contributed by atoms with E-state index in [0.717, 1.165) is 5.69 Å². The van der Waals surface area contributed by atoms with Crippen LogP contribution in [0.2, 0.25) is 0 Å². The molecule has 0 fully saturated rings. The van der Waals surface area contributed by atoms with Gasteiger partial charge in [0.25, 0.3) is 0 Å². The molecule has 2 aliphatic rings. The maximum Gasteiger partial charge on any atom is 0.183 e. The SMILES string of the molecule is CC.CN1c2ccccc2N2c3ccncc3NC12. The fourth-order valence-electron chi connectivity index (χ4n) is 2.67. The molecular formula is C15H18N4. The molecule has 0 amide bonds. The third kappa shape index (κ3) is 1.56. The molecule has 98 valence electrons. The topological polar surface area (TPSA) is 31.4 Å². The van der Waals surface area contributed by atoms with Crippen molar-refractivity contribution in [2.75, 3.05) is 22.2 Å². The Morgan fingerprint density at radius 2 is 1.79 bits per heavy atom. The Labute approximate surface area is 113 Å². The van der Waals surface area contributed by atoms with Crippen LogP contribution in [0.5, 0.6) is 0 Å². The predicted molar refractivity (Wildman–Crippen MR) is 80.0 cm³/mol. The summed E-state index contributed by atoms with van der Waals surface area (Å²) < 4.78 is 0. The van der Waals surface area contributed by atoms with Gasteiger partial charge in [-0.05, 0) is 18.2 Å². The third-order valence-electron chi connectivity index (χ3n) is 3.47. The van der Waals surface area contributed by atoms with Crippen molar-refractivity contribution in [2.45, 2.75) is 20.1 Å². The average molecular weight is 254 g/mol. The average Bonchev–Trinajstić information content (AvgIpc) is 2.99. The van der Waals surface area contributed by atoms with Crippen LogP contribution < -0.4 is 15.1 Å². The summed E-state index contributed by atoms with van der Waals surface area (Å²) in [6.45, 7) is 4.00. The Balaban J connectivity index is 0.000000528. The second-order valence-corrected chi connectivity index (χ2v) is 4.38. The Bertz CT molecular complexity index is 596. The van der Waals surface area contributed by atoms with E-state index in [0.29, 0.717) is 0 Å². The molecule has 3 heterocycles. The zero-order valence-corrected chi connectivity index (χ0v) is 11.5. The predicted octanol–water partition coefficient (Wildman–Crippen LogP) is 3.40. The maximum absolute atomic E-state index is 4.16. The van der Waals surface area contributed by atoms with Crippen molar-refractivity contribution < 1.29 is 0 Å². The summed E-state index contributed by atoms with van der Waals surface area (Å²) in [5, 5.41) is 3.48. The number of fused-ring (bicyclic) bond motifs is 5. The number of hydrogen-bond donors (Lipinski definition) is 1. The summed E-state index contributed by atoms with van der Waals surface area (Å²) in [5.74, 6) is 0. The van der Waals surface area contributed by atoms with Gasteiger partial charge in [0.05, 0.1) is 28.9 Å². The first-order chi connectivity index (χ1) is 9.36. The number of pyridine rings is 1. The molecule has 0 radical (unpaired) electrons. The molecule has 4 heteroatoms. The van der Waals surface area contributed by atoms with Crippen molar-refractivity contribution in [1.29, 1.82) is 0 Å². The van der Waals surface area contributed by atoms with Crippen LogP contribution in [-0.4, -0.2) is 18.3 Å². The zero-order chi connectivity index (χ0) is 13.4. The van der Waals surface area contributed by atoms with E-state index in [1.165, 1.54) is 17.1 Å². The van der Waals surface area contributed by atoms with E-state index >= 15 is 0 Å². The first-order valence-electron chi connectivity index (χ1n) is 6.68. The van der Waals surface area contributed by atoms with Gasteiger partial charge in [0, 0.05) is 13.2 Å². The maximum atomic E-state index is 4.16. The highest BCUT2D eigenvalue weighted by Crippen LogP contribution is 2.49. The van der Waals surface area contributed by atoms with Crippen LogP contribution in [0.4, 0.5) is 22.7 Å². The van der Waals surface area contributed by atoms with E-state index < -0.39 is 0 Å². The number of benzene rings is 1. The standard InChI is InChI=1S/C13H12N4.C2H6/c1-16-11-4-2-3-5-12(11)17-10-6-7-14-8-9(10)15-13(16)17;1-2/h2-8,13,15H,1H3;1-2H3. The van der Waals surface area contributed by atoms with E-state index in [4.69, 9.17) is 0 Å². The summed E-state index contributed by atoms with van der Waals surface area (Å²) in [6, 6.07) is 10.5. The van der Waals surface area contributed by atoms with Gasteiger partial charge in [-0.25, -0.2) is 0 Å². The van der Waals surface area contributed by atoms with E-state index in [1.807, 2.05) is 26.2 Å².